The fourth-order valence-electron chi connectivity index (χ4n) is 1.17. The Labute approximate surface area is 89.4 Å². The third-order valence-corrected chi connectivity index (χ3v) is 1.81. The molecule has 0 amide bonds. The van der Waals surface area contributed by atoms with E-state index in [4.69, 9.17) is 5.41 Å². The molecule has 1 heteroatoms. The zero-order chi connectivity index (χ0) is 11.4. The summed E-state index contributed by atoms with van der Waals surface area (Å²) < 4.78 is 0. The van der Waals surface area contributed by atoms with Gasteiger partial charge in [-0.25, -0.2) is 0 Å². The molecular weight excluding hydrogens is 170 g/mol. The molecule has 0 aliphatic heterocycles. The Hall–Kier alpha value is -0.850. The molecule has 0 saturated heterocycles. The van der Waals surface area contributed by atoms with E-state index < -0.39 is 0 Å². The summed E-state index contributed by atoms with van der Waals surface area (Å²) in [5, 5.41) is 6.95. The molecular formula is C13H25N. The van der Waals surface area contributed by atoms with Crippen LogP contribution in [0.2, 0.25) is 0 Å². The van der Waals surface area contributed by atoms with Crippen molar-refractivity contribution in [2.45, 2.75) is 53.9 Å². The minimum atomic E-state index is 1.02. The minimum Gasteiger partial charge on any atom is -0.309 e. The highest BCUT2D eigenvalue weighted by atomic mass is 14.3. The monoisotopic (exact) mass is 195 g/mol. The molecule has 0 aromatic heterocycles. The SMILES string of the molecule is C/C=C(CC)\C(=C\C=N)CC.CCC. The zero-order valence-corrected chi connectivity index (χ0v) is 10.4. The van der Waals surface area contributed by atoms with Crippen LogP contribution in [0.3, 0.4) is 0 Å². The van der Waals surface area contributed by atoms with Crippen LogP contribution in [-0.4, -0.2) is 6.21 Å². The number of nitrogens with one attached hydrogen (secondary N) is 1. The molecule has 1 N–H and O–H groups in total. The molecule has 0 atom stereocenters. The van der Waals surface area contributed by atoms with Gasteiger partial charge in [-0.3, -0.25) is 0 Å². The third kappa shape index (κ3) is 7.78. The topological polar surface area (TPSA) is 23.9 Å². The van der Waals surface area contributed by atoms with Crippen LogP contribution in [0.4, 0.5) is 0 Å². The molecule has 0 aromatic rings. The average Bonchev–Trinajstić information content (AvgIpc) is 2.19. The van der Waals surface area contributed by atoms with Crippen molar-refractivity contribution in [3.05, 3.63) is 23.3 Å². The molecule has 0 rings (SSSR count). The lowest BCUT2D eigenvalue weighted by Gasteiger charge is -2.05. The summed E-state index contributed by atoms with van der Waals surface area (Å²) in [4.78, 5) is 0. The number of allylic oxidation sites excluding steroid dienone is 4. The minimum absolute atomic E-state index is 1.02. The molecule has 1 nitrogen and oxygen atoms in total. The van der Waals surface area contributed by atoms with Crippen molar-refractivity contribution in [2.75, 3.05) is 0 Å². The van der Waals surface area contributed by atoms with Crippen molar-refractivity contribution < 1.29 is 0 Å². The summed E-state index contributed by atoms with van der Waals surface area (Å²) in [6.45, 7) is 10.6. The fraction of sp³-hybridized carbons (Fsp3) is 0.615. The molecule has 0 aliphatic rings. The maximum Gasteiger partial charge on any atom is 0.0180 e. The summed E-state index contributed by atoms with van der Waals surface area (Å²) in [5.74, 6) is 0. The average molecular weight is 195 g/mol. The first-order valence-electron chi connectivity index (χ1n) is 5.56. The van der Waals surface area contributed by atoms with Crippen molar-refractivity contribution >= 4 is 6.21 Å². The standard InChI is InChI=1S/C10H17N.C3H8/c1-4-9(5-2)10(6-3)7-8-11;1-3-2/h4,7-8,11H,5-6H2,1-3H3;3H2,1-2H3/b9-4-,10-7+,11-8?;. The van der Waals surface area contributed by atoms with Gasteiger partial charge < -0.3 is 5.41 Å². The van der Waals surface area contributed by atoms with Crippen LogP contribution in [0.25, 0.3) is 0 Å². The van der Waals surface area contributed by atoms with E-state index in [-0.39, 0.29) is 0 Å². The third-order valence-electron chi connectivity index (χ3n) is 1.81. The van der Waals surface area contributed by atoms with E-state index >= 15 is 0 Å². The number of hydrogen-bond donors (Lipinski definition) is 1. The Kier molecular flexibility index (Phi) is 13.6. The van der Waals surface area contributed by atoms with E-state index in [2.05, 4.69) is 33.8 Å². The zero-order valence-electron chi connectivity index (χ0n) is 10.4. The van der Waals surface area contributed by atoms with Gasteiger partial charge in [0.05, 0.1) is 0 Å². The maximum absolute atomic E-state index is 6.95. The first-order chi connectivity index (χ1) is 6.71. The smallest absolute Gasteiger partial charge is 0.0180 e. The lowest BCUT2D eigenvalue weighted by Crippen LogP contribution is -1.87. The number of hydrogen-bond acceptors (Lipinski definition) is 1. The predicted octanol–water partition coefficient (Wildman–Crippen LogP) is 4.74. The number of rotatable bonds is 4. The normalized spacial score (nSPS) is 11.8. The van der Waals surface area contributed by atoms with Gasteiger partial charge in [-0.1, -0.05) is 40.2 Å². The van der Waals surface area contributed by atoms with Gasteiger partial charge in [-0.2, -0.15) is 0 Å². The maximum atomic E-state index is 6.95. The van der Waals surface area contributed by atoms with Gasteiger partial charge >= 0.3 is 0 Å². The molecule has 0 fully saturated rings. The van der Waals surface area contributed by atoms with Crippen molar-refractivity contribution in [2.24, 2.45) is 0 Å². The van der Waals surface area contributed by atoms with E-state index in [0.717, 1.165) is 12.8 Å². The van der Waals surface area contributed by atoms with Crippen molar-refractivity contribution in [1.29, 1.82) is 5.41 Å². The molecule has 0 aliphatic carbocycles. The van der Waals surface area contributed by atoms with E-state index in [1.807, 2.05) is 13.0 Å². The van der Waals surface area contributed by atoms with Gasteiger partial charge in [-0.15, -0.1) is 0 Å². The molecule has 0 bridgehead atoms. The van der Waals surface area contributed by atoms with Crippen molar-refractivity contribution in [1.82, 2.24) is 0 Å². The van der Waals surface area contributed by atoms with Gasteiger partial charge in [0.1, 0.15) is 0 Å². The Morgan fingerprint density at radius 2 is 1.43 bits per heavy atom. The molecule has 0 heterocycles. The van der Waals surface area contributed by atoms with Crippen molar-refractivity contribution in [3.8, 4) is 0 Å². The van der Waals surface area contributed by atoms with Gasteiger partial charge in [0.15, 0.2) is 0 Å². The highest BCUT2D eigenvalue weighted by Gasteiger charge is 1.97. The Morgan fingerprint density at radius 3 is 1.64 bits per heavy atom. The fourth-order valence-corrected chi connectivity index (χ4v) is 1.17. The van der Waals surface area contributed by atoms with Gasteiger partial charge in [0, 0.05) is 6.21 Å². The largest absolute Gasteiger partial charge is 0.309 e. The van der Waals surface area contributed by atoms with E-state index in [9.17, 15) is 0 Å². The molecule has 0 aromatic carbocycles. The summed E-state index contributed by atoms with van der Waals surface area (Å²) in [5.41, 5.74) is 2.64. The summed E-state index contributed by atoms with van der Waals surface area (Å²) in [6.07, 6.45) is 8.68. The Balaban J connectivity index is 0. The van der Waals surface area contributed by atoms with Crippen LogP contribution in [0.5, 0.6) is 0 Å². The predicted molar refractivity (Wildman–Crippen MR) is 67.2 cm³/mol. The molecule has 0 saturated carbocycles. The second-order valence-electron chi connectivity index (χ2n) is 3.09. The molecule has 0 radical (unpaired) electrons. The van der Waals surface area contributed by atoms with Crippen LogP contribution in [0.15, 0.2) is 23.3 Å². The first-order valence-corrected chi connectivity index (χ1v) is 5.56. The van der Waals surface area contributed by atoms with Crippen LogP contribution < -0.4 is 0 Å². The van der Waals surface area contributed by atoms with Crippen LogP contribution >= 0.6 is 0 Å². The quantitative estimate of drug-likeness (QED) is 0.494. The molecule has 0 spiro atoms. The van der Waals surface area contributed by atoms with Crippen LogP contribution in [0.1, 0.15) is 53.9 Å². The Morgan fingerprint density at radius 1 is 1.00 bits per heavy atom. The van der Waals surface area contributed by atoms with Crippen molar-refractivity contribution in [3.63, 3.8) is 0 Å². The second-order valence-corrected chi connectivity index (χ2v) is 3.09. The van der Waals surface area contributed by atoms with Gasteiger partial charge in [0.2, 0.25) is 0 Å². The van der Waals surface area contributed by atoms with E-state index in [0.29, 0.717) is 0 Å². The van der Waals surface area contributed by atoms with E-state index in [1.165, 1.54) is 23.8 Å². The summed E-state index contributed by atoms with van der Waals surface area (Å²) >= 11 is 0. The highest BCUT2D eigenvalue weighted by Crippen LogP contribution is 2.15. The summed E-state index contributed by atoms with van der Waals surface area (Å²) in [6, 6.07) is 0. The lowest BCUT2D eigenvalue weighted by atomic mass is 10.0. The molecule has 82 valence electrons. The highest BCUT2D eigenvalue weighted by molar-refractivity contribution is 5.70. The van der Waals surface area contributed by atoms with E-state index in [1.54, 1.807) is 0 Å². The van der Waals surface area contributed by atoms with Crippen LogP contribution in [-0.2, 0) is 0 Å². The Bertz CT molecular complexity index is 187. The van der Waals surface area contributed by atoms with Gasteiger partial charge in [-0.05, 0) is 37.0 Å². The second kappa shape index (κ2) is 12.2. The molecule has 0 unspecified atom stereocenters. The lowest BCUT2D eigenvalue weighted by molar-refractivity contribution is 1.02. The molecule has 14 heavy (non-hydrogen) atoms. The van der Waals surface area contributed by atoms with Crippen LogP contribution in [0, 0.1) is 5.41 Å². The summed E-state index contributed by atoms with van der Waals surface area (Å²) in [7, 11) is 0. The first kappa shape index (κ1) is 15.6. The van der Waals surface area contributed by atoms with Gasteiger partial charge in [0.25, 0.3) is 0 Å².